The van der Waals surface area contributed by atoms with Crippen LogP contribution in [0.3, 0.4) is 0 Å². The second-order valence-electron chi connectivity index (χ2n) is 6.91. The Morgan fingerprint density at radius 2 is 2.04 bits per heavy atom. The molecule has 0 unspecified atom stereocenters. The molecule has 1 fully saturated rings. The van der Waals surface area contributed by atoms with Gasteiger partial charge in [0.25, 0.3) is 5.91 Å². The highest BCUT2D eigenvalue weighted by atomic mass is 16.3. The highest BCUT2D eigenvalue weighted by molar-refractivity contribution is 5.95. The smallest absolute Gasteiger partial charge is 0.251 e. The second-order valence-corrected chi connectivity index (χ2v) is 6.91. The number of carbonyl (C=O) groups excluding carboxylic acids is 1. The van der Waals surface area contributed by atoms with Gasteiger partial charge >= 0.3 is 0 Å². The van der Waals surface area contributed by atoms with Crippen LogP contribution in [0.2, 0.25) is 0 Å². The first-order valence-corrected chi connectivity index (χ1v) is 8.97. The summed E-state index contributed by atoms with van der Waals surface area (Å²) in [4.78, 5) is 17.1. The summed E-state index contributed by atoms with van der Waals surface area (Å²) in [6.45, 7) is 3.70. The van der Waals surface area contributed by atoms with Gasteiger partial charge in [-0.2, -0.15) is 5.26 Å². The number of pyridine rings is 1. The minimum Gasteiger partial charge on any atom is -0.391 e. The number of nitrogens with zero attached hydrogens (tertiary/aromatic N) is 2. The van der Waals surface area contributed by atoms with Crippen LogP contribution in [0.15, 0.2) is 30.3 Å². The van der Waals surface area contributed by atoms with Crippen molar-refractivity contribution in [1.82, 2.24) is 10.3 Å². The largest absolute Gasteiger partial charge is 0.391 e. The number of aliphatic hydroxyl groups excluding tert-OH is 1. The van der Waals surface area contributed by atoms with Gasteiger partial charge in [-0.25, -0.2) is 0 Å². The number of aryl methyl sites for hydroxylation is 2. The molecule has 1 aromatic carbocycles. The fourth-order valence-corrected chi connectivity index (χ4v) is 3.50. The van der Waals surface area contributed by atoms with Gasteiger partial charge < -0.3 is 10.4 Å². The molecule has 1 aliphatic rings. The predicted octanol–water partition coefficient (Wildman–Crippen LogP) is 3.27. The third-order valence-electron chi connectivity index (χ3n) is 4.98. The van der Waals surface area contributed by atoms with Gasteiger partial charge in [0.1, 0.15) is 6.07 Å². The van der Waals surface area contributed by atoms with Crippen LogP contribution >= 0.6 is 0 Å². The van der Waals surface area contributed by atoms with Crippen LogP contribution in [0, 0.1) is 25.2 Å². The molecule has 2 atom stereocenters. The molecule has 5 nitrogen and oxygen atoms in total. The SMILES string of the molecule is Cc1cc(-c2cccc(C(=O)N[C@H]3CCCC[C@@H]3O)c2)nc(C)c1C#N. The quantitative estimate of drug-likeness (QED) is 0.890. The third kappa shape index (κ3) is 3.76. The number of benzene rings is 1. The van der Waals surface area contributed by atoms with E-state index in [0.717, 1.165) is 42.5 Å². The van der Waals surface area contributed by atoms with Gasteiger partial charge in [0.05, 0.1) is 29.1 Å². The lowest BCUT2D eigenvalue weighted by Gasteiger charge is -2.28. The Hall–Kier alpha value is -2.71. The number of aromatic nitrogens is 1. The molecule has 1 saturated carbocycles. The Morgan fingerprint density at radius 3 is 2.73 bits per heavy atom. The van der Waals surface area contributed by atoms with E-state index in [1.165, 1.54) is 0 Å². The van der Waals surface area contributed by atoms with Crippen molar-refractivity contribution in [3.63, 3.8) is 0 Å². The highest BCUT2D eigenvalue weighted by Gasteiger charge is 2.25. The summed E-state index contributed by atoms with van der Waals surface area (Å²) in [6, 6.07) is 11.1. The molecule has 0 radical (unpaired) electrons. The zero-order valence-corrected chi connectivity index (χ0v) is 15.1. The molecule has 2 aromatic rings. The molecule has 0 bridgehead atoms. The van der Waals surface area contributed by atoms with E-state index in [4.69, 9.17) is 0 Å². The van der Waals surface area contributed by atoms with Crippen LogP contribution in [-0.2, 0) is 0 Å². The first kappa shape index (κ1) is 18.1. The van der Waals surface area contributed by atoms with Crippen LogP contribution in [0.5, 0.6) is 0 Å². The van der Waals surface area contributed by atoms with Crippen LogP contribution in [0.25, 0.3) is 11.3 Å². The average Bonchev–Trinajstić information content (AvgIpc) is 2.63. The van der Waals surface area contributed by atoms with Crippen molar-refractivity contribution in [1.29, 1.82) is 5.26 Å². The zero-order valence-electron chi connectivity index (χ0n) is 15.1. The Kier molecular flexibility index (Phi) is 5.34. The molecule has 5 heteroatoms. The summed E-state index contributed by atoms with van der Waals surface area (Å²) in [5.41, 5.74) is 4.26. The molecule has 1 aromatic heterocycles. The number of carbonyl (C=O) groups is 1. The van der Waals surface area contributed by atoms with Gasteiger partial charge in [-0.3, -0.25) is 9.78 Å². The van der Waals surface area contributed by atoms with E-state index in [0.29, 0.717) is 16.8 Å². The fourth-order valence-electron chi connectivity index (χ4n) is 3.50. The number of rotatable bonds is 3. The maximum Gasteiger partial charge on any atom is 0.251 e. The number of nitriles is 1. The van der Waals surface area contributed by atoms with Crippen LogP contribution in [-0.4, -0.2) is 28.1 Å². The summed E-state index contributed by atoms with van der Waals surface area (Å²) in [6.07, 6.45) is 3.10. The topological polar surface area (TPSA) is 86.0 Å². The van der Waals surface area contributed by atoms with E-state index < -0.39 is 6.10 Å². The standard InChI is InChI=1S/C21H23N3O2/c1-13-10-19(23-14(2)17(13)12-22)15-6-5-7-16(11-15)21(26)24-18-8-3-4-9-20(18)25/h5-7,10-11,18,20,25H,3-4,8-9H2,1-2H3,(H,24,26)/t18-,20-/m0/s1. The van der Waals surface area contributed by atoms with Gasteiger partial charge in [-0.1, -0.05) is 25.0 Å². The van der Waals surface area contributed by atoms with Crippen molar-refractivity contribution in [3.05, 3.63) is 52.7 Å². The molecular formula is C21H23N3O2. The molecule has 1 heterocycles. The summed E-state index contributed by atoms with van der Waals surface area (Å²) in [5, 5.41) is 22.2. The van der Waals surface area contributed by atoms with Gasteiger partial charge in [0.15, 0.2) is 0 Å². The van der Waals surface area contributed by atoms with Crippen molar-refractivity contribution in [3.8, 4) is 17.3 Å². The predicted molar refractivity (Wildman–Crippen MR) is 99.6 cm³/mol. The summed E-state index contributed by atoms with van der Waals surface area (Å²) < 4.78 is 0. The van der Waals surface area contributed by atoms with Crippen molar-refractivity contribution >= 4 is 5.91 Å². The lowest BCUT2D eigenvalue weighted by Crippen LogP contribution is -2.45. The van der Waals surface area contributed by atoms with E-state index >= 15 is 0 Å². The van der Waals surface area contributed by atoms with Gasteiger partial charge in [-0.15, -0.1) is 0 Å². The molecular weight excluding hydrogens is 326 g/mol. The number of hydrogen-bond donors (Lipinski definition) is 2. The Balaban J connectivity index is 1.84. The molecule has 0 spiro atoms. The number of hydrogen-bond acceptors (Lipinski definition) is 4. The van der Waals surface area contributed by atoms with Gasteiger partial charge in [0.2, 0.25) is 0 Å². The molecule has 26 heavy (non-hydrogen) atoms. The van der Waals surface area contributed by atoms with E-state index in [-0.39, 0.29) is 11.9 Å². The zero-order chi connectivity index (χ0) is 18.7. The Bertz CT molecular complexity index is 847. The molecule has 134 valence electrons. The maximum absolute atomic E-state index is 12.6. The van der Waals surface area contributed by atoms with Crippen molar-refractivity contribution in [2.24, 2.45) is 0 Å². The molecule has 1 aliphatic carbocycles. The van der Waals surface area contributed by atoms with Crippen LogP contribution in [0.1, 0.15) is 52.9 Å². The molecule has 0 aliphatic heterocycles. The van der Waals surface area contributed by atoms with Crippen LogP contribution < -0.4 is 5.32 Å². The van der Waals surface area contributed by atoms with Crippen LogP contribution in [0.4, 0.5) is 0 Å². The number of aliphatic hydroxyl groups is 1. The van der Waals surface area contributed by atoms with Gasteiger partial charge in [-0.05, 0) is 50.5 Å². The second kappa shape index (κ2) is 7.67. The normalized spacial score (nSPS) is 19.6. The lowest BCUT2D eigenvalue weighted by atomic mass is 9.92. The average molecular weight is 349 g/mol. The first-order chi connectivity index (χ1) is 12.5. The van der Waals surface area contributed by atoms with Crippen molar-refractivity contribution in [2.75, 3.05) is 0 Å². The van der Waals surface area contributed by atoms with Crippen molar-refractivity contribution in [2.45, 2.75) is 51.7 Å². The number of nitrogens with one attached hydrogen (secondary N) is 1. The molecule has 1 amide bonds. The molecule has 3 rings (SSSR count). The van der Waals surface area contributed by atoms with E-state index in [1.807, 2.05) is 32.0 Å². The number of amides is 1. The first-order valence-electron chi connectivity index (χ1n) is 8.97. The maximum atomic E-state index is 12.6. The monoisotopic (exact) mass is 349 g/mol. The minimum absolute atomic E-state index is 0.181. The highest BCUT2D eigenvalue weighted by Crippen LogP contribution is 2.23. The van der Waals surface area contributed by atoms with E-state index in [9.17, 15) is 15.2 Å². The Morgan fingerprint density at radius 1 is 1.27 bits per heavy atom. The van der Waals surface area contributed by atoms with E-state index in [1.54, 1.807) is 12.1 Å². The summed E-state index contributed by atoms with van der Waals surface area (Å²) >= 11 is 0. The molecule has 0 saturated heterocycles. The third-order valence-corrected chi connectivity index (χ3v) is 4.98. The Labute approximate surface area is 153 Å². The minimum atomic E-state index is -0.471. The lowest BCUT2D eigenvalue weighted by molar-refractivity contribution is 0.0717. The summed E-state index contributed by atoms with van der Waals surface area (Å²) in [5.74, 6) is -0.181. The summed E-state index contributed by atoms with van der Waals surface area (Å²) in [7, 11) is 0. The van der Waals surface area contributed by atoms with E-state index in [2.05, 4.69) is 16.4 Å². The van der Waals surface area contributed by atoms with Gasteiger partial charge in [0, 0.05) is 11.1 Å². The van der Waals surface area contributed by atoms with Crippen molar-refractivity contribution < 1.29 is 9.90 Å². The fraction of sp³-hybridized carbons (Fsp3) is 0.381. The molecule has 2 N–H and O–H groups in total.